The molecule has 1 aromatic rings. The standard InChI is InChI=1S/C6H11N3O2S2/c1-7-6-9-5(4-12-6)3-8-13(2,10)11/h4,8H,3H2,1-2H3,(H,7,9). The maximum absolute atomic E-state index is 10.7. The number of nitrogens with one attached hydrogen (secondary N) is 2. The first kappa shape index (κ1) is 10.4. The molecule has 0 atom stereocenters. The molecule has 74 valence electrons. The highest BCUT2D eigenvalue weighted by atomic mass is 32.2. The Morgan fingerprint density at radius 3 is 2.77 bits per heavy atom. The molecule has 0 spiro atoms. The van der Waals surface area contributed by atoms with Crippen LogP contribution >= 0.6 is 11.3 Å². The number of nitrogens with zero attached hydrogens (tertiary/aromatic N) is 1. The molecule has 0 aliphatic carbocycles. The fourth-order valence-electron chi connectivity index (χ4n) is 0.708. The van der Waals surface area contributed by atoms with Crippen molar-refractivity contribution in [1.29, 1.82) is 0 Å². The minimum Gasteiger partial charge on any atom is -0.365 e. The van der Waals surface area contributed by atoms with Gasteiger partial charge in [0.1, 0.15) is 0 Å². The average Bonchev–Trinajstić information content (AvgIpc) is 2.47. The summed E-state index contributed by atoms with van der Waals surface area (Å²) in [5.41, 5.74) is 0.722. The Morgan fingerprint density at radius 1 is 1.62 bits per heavy atom. The summed E-state index contributed by atoms with van der Waals surface area (Å²) in [6.07, 6.45) is 1.12. The van der Waals surface area contributed by atoms with E-state index in [-0.39, 0.29) is 6.54 Å². The molecule has 0 aromatic carbocycles. The highest BCUT2D eigenvalue weighted by molar-refractivity contribution is 7.88. The number of aromatic nitrogens is 1. The number of rotatable bonds is 4. The van der Waals surface area contributed by atoms with E-state index in [0.717, 1.165) is 17.1 Å². The van der Waals surface area contributed by atoms with E-state index in [1.807, 2.05) is 5.38 Å². The third-order valence-corrected chi connectivity index (χ3v) is 2.86. The Bertz CT molecular complexity index is 371. The zero-order chi connectivity index (χ0) is 9.90. The molecule has 0 fully saturated rings. The summed E-state index contributed by atoms with van der Waals surface area (Å²) >= 11 is 1.44. The van der Waals surface area contributed by atoms with Gasteiger partial charge >= 0.3 is 0 Å². The smallest absolute Gasteiger partial charge is 0.209 e. The highest BCUT2D eigenvalue weighted by Crippen LogP contribution is 2.13. The van der Waals surface area contributed by atoms with Gasteiger partial charge in [-0.2, -0.15) is 0 Å². The van der Waals surface area contributed by atoms with E-state index in [2.05, 4.69) is 15.0 Å². The van der Waals surface area contributed by atoms with Crippen LogP contribution in [0.5, 0.6) is 0 Å². The van der Waals surface area contributed by atoms with E-state index in [4.69, 9.17) is 0 Å². The molecular formula is C6H11N3O2S2. The number of sulfonamides is 1. The van der Waals surface area contributed by atoms with Gasteiger partial charge in [-0.25, -0.2) is 18.1 Å². The summed E-state index contributed by atoms with van der Waals surface area (Å²) in [6.45, 7) is 0.247. The molecule has 0 bridgehead atoms. The second-order valence-electron chi connectivity index (χ2n) is 2.49. The van der Waals surface area contributed by atoms with E-state index in [1.165, 1.54) is 11.3 Å². The van der Waals surface area contributed by atoms with Gasteiger partial charge in [-0.05, 0) is 0 Å². The lowest BCUT2D eigenvalue weighted by Crippen LogP contribution is -2.21. The van der Waals surface area contributed by atoms with Crippen molar-refractivity contribution in [3.8, 4) is 0 Å². The quantitative estimate of drug-likeness (QED) is 0.763. The van der Waals surface area contributed by atoms with Crippen molar-refractivity contribution in [2.24, 2.45) is 0 Å². The molecule has 1 heterocycles. The van der Waals surface area contributed by atoms with Crippen LogP contribution in [-0.2, 0) is 16.6 Å². The van der Waals surface area contributed by atoms with Crippen molar-refractivity contribution in [3.63, 3.8) is 0 Å². The molecule has 5 nitrogen and oxygen atoms in total. The molecule has 0 aliphatic heterocycles. The summed E-state index contributed by atoms with van der Waals surface area (Å²) in [7, 11) is -1.36. The Balaban J connectivity index is 2.55. The first-order valence-corrected chi connectivity index (χ1v) is 6.35. The van der Waals surface area contributed by atoms with Crippen molar-refractivity contribution >= 4 is 26.5 Å². The van der Waals surface area contributed by atoms with Gasteiger partial charge in [-0.1, -0.05) is 0 Å². The molecule has 0 saturated heterocycles. The van der Waals surface area contributed by atoms with Crippen LogP contribution in [0.3, 0.4) is 0 Å². The van der Waals surface area contributed by atoms with Crippen molar-refractivity contribution in [1.82, 2.24) is 9.71 Å². The molecule has 0 unspecified atom stereocenters. The van der Waals surface area contributed by atoms with Crippen molar-refractivity contribution in [2.75, 3.05) is 18.6 Å². The normalized spacial score (nSPS) is 11.5. The largest absolute Gasteiger partial charge is 0.365 e. The Labute approximate surface area is 81.2 Å². The number of hydrogen-bond acceptors (Lipinski definition) is 5. The molecule has 7 heteroatoms. The zero-order valence-electron chi connectivity index (χ0n) is 7.36. The highest BCUT2D eigenvalue weighted by Gasteiger charge is 2.03. The third kappa shape index (κ3) is 3.71. The van der Waals surface area contributed by atoms with Gasteiger partial charge < -0.3 is 5.32 Å². The SMILES string of the molecule is CNc1nc(CNS(C)(=O)=O)cs1. The second kappa shape index (κ2) is 4.03. The van der Waals surface area contributed by atoms with E-state index >= 15 is 0 Å². The van der Waals surface area contributed by atoms with E-state index in [0.29, 0.717) is 0 Å². The maximum atomic E-state index is 10.7. The van der Waals surface area contributed by atoms with Crippen molar-refractivity contribution in [2.45, 2.75) is 6.54 Å². The molecule has 13 heavy (non-hydrogen) atoms. The van der Waals surface area contributed by atoms with Crippen LogP contribution in [0.25, 0.3) is 0 Å². The van der Waals surface area contributed by atoms with Crippen LogP contribution < -0.4 is 10.0 Å². The molecule has 0 aliphatic rings. The summed E-state index contributed by atoms with van der Waals surface area (Å²) in [4.78, 5) is 4.11. The summed E-state index contributed by atoms with van der Waals surface area (Å²) in [5, 5.41) is 5.47. The van der Waals surface area contributed by atoms with Gasteiger partial charge in [0.05, 0.1) is 18.5 Å². The fraction of sp³-hybridized carbons (Fsp3) is 0.500. The second-order valence-corrected chi connectivity index (χ2v) is 5.18. The van der Waals surface area contributed by atoms with Gasteiger partial charge in [-0.3, -0.25) is 0 Å². The Morgan fingerprint density at radius 2 is 2.31 bits per heavy atom. The number of anilines is 1. The molecule has 1 rings (SSSR count). The van der Waals surface area contributed by atoms with Gasteiger partial charge in [0.15, 0.2) is 5.13 Å². The average molecular weight is 221 g/mol. The Hall–Kier alpha value is -0.660. The molecular weight excluding hydrogens is 210 g/mol. The monoisotopic (exact) mass is 221 g/mol. The van der Waals surface area contributed by atoms with Gasteiger partial charge in [0.25, 0.3) is 0 Å². The van der Waals surface area contributed by atoms with Gasteiger partial charge in [-0.15, -0.1) is 11.3 Å². The zero-order valence-corrected chi connectivity index (χ0v) is 9.00. The van der Waals surface area contributed by atoms with E-state index < -0.39 is 10.0 Å². The number of hydrogen-bond donors (Lipinski definition) is 2. The molecule has 0 amide bonds. The summed E-state index contributed by atoms with van der Waals surface area (Å²) in [6, 6.07) is 0. The van der Waals surface area contributed by atoms with E-state index in [9.17, 15) is 8.42 Å². The minimum atomic E-state index is -3.13. The Kier molecular flexibility index (Phi) is 3.23. The van der Waals surface area contributed by atoms with Crippen molar-refractivity contribution in [3.05, 3.63) is 11.1 Å². The molecule has 2 N–H and O–H groups in total. The van der Waals surface area contributed by atoms with Crippen LogP contribution in [0.4, 0.5) is 5.13 Å². The van der Waals surface area contributed by atoms with Gasteiger partial charge in [0.2, 0.25) is 10.0 Å². The van der Waals surface area contributed by atoms with Crippen LogP contribution in [0.2, 0.25) is 0 Å². The third-order valence-electron chi connectivity index (χ3n) is 1.28. The molecule has 0 saturated carbocycles. The van der Waals surface area contributed by atoms with Gasteiger partial charge in [0, 0.05) is 12.4 Å². The lowest BCUT2D eigenvalue weighted by molar-refractivity contribution is 0.587. The fourth-order valence-corrected chi connectivity index (χ4v) is 1.79. The first-order chi connectivity index (χ1) is 6.01. The first-order valence-electron chi connectivity index (χ1n) is 3.58. The predicted octanol–water partition coefficient (Wildman–Crippen LogP) is 0.234. The van der Waals surface area contributed by atoms with E-state index in [1.54, 1.807) is 7.05 Å². The van der Waals surface area contributed by atoms with Crippen LogP contribution in [0.15, 0.2) is 5.38 Å². The lowest BCUT2D eigenvalue weighted by Gasteiger charge is -1.97. The summed E-state index contributed by atoms with van der Waals surface area (Å²) in [5.74, 6) is 0. The maximum Gasteiger partial charge on any atom is 0.209 e. The molecule has 0 radical (unpaired) electrons. The minimum absolute atomic E-state index is 0.247. The predicted molar refractivity (Wildman–Crippen MR) is 53.3 cm³/mol. The van der Waals surface area contributed by atoms with Crippen LogP contribution in [0.1, 0.15) is 5.69 Å². The van der Waals surface area contributed by atoms with Crippen LogP contribution in [-0.4, -0.2) is 26.7 Å². The van der Waals surface area contributed by atoms with Crippen LogP contribution in [0, 0.1) is 0 Å². The van der Waals surface area contributed by atoms with Crippen molar-refractivity contribution < 1.29 is 8.42 Å². The summed E-state index contributed by atoms with van der Waals surface area (Å²) < 4.78 is 23.8. The number of thiazole rings is 1. The molecule has 1 aromatic heterocycles. The lowest BCUT2D eigenvalue weighted by atomic mass is 10.5. The topological polar surface area (TPSA) is 71.1 Å².